The molecule has 0 saturated heterocycles. The highest BCUT2D eigenvalue weighted by atomic mass is 35.5. The lowest BCUT2D eigenvalue weighted by atomic mass is 9.96. The Bertz CT molecular complexity index is 822. The maximum Gasteiger partial charge on any atom is 0.263 e. The van der Waals surface area contributed by atoms with Crippen molar-refractivity contribution in [1.82, 2.24) is 4.98 Å². The molecule has 0 unspecified atom stereocenters. The fourth-order valence-corrected chi connectivity index (χ4v) is 4.36. The highest BCUT2D eigenvalue weighted by Gasteiger charge is 2.19. The number of nitrogens with one attached hydrogen (secondary N) is 1. The normalized spacial score (nSPS) is 14.5. The van der Waals surface area contributed by atoms with Crippen molar-refractivity contribution in [3.05, 3.63) is 51.8 Å². The Morgan fingerprint density at radius 3 is 2.64 bits per heavy atom. The number of aromatic nitrogens is 1. The first-order valence-electron chi connectivity index (χ1n) is 6.91. The predicted octanol–water partition coefficient (Wildman–Crippen LogP) is 4.07. The Balaban J connectivity index is 1.91. The van der Waals surface area contributed by atoms with Crippen LogP contribution in [0.3, 0.4) is 0 Å². The Labute approximate surface area is 139 Å². The van der Waals surface area contributed by atoms with E-state index in [4.69, 9.17) is 23.2 Å². The van der Waals surface area contributed by atoms with Gasteiger partial charge in [-0.2, -0.15) is 0 Å². The maximum atomic E-state index is 12.4. The van der Waals surface area contributed by atoms with E-state index in [1.807, 2.05) is 6.07 Å². The van der Waals surface area contributed by atoms with E-state index in [1.54, 1.807) is 6.20 Å². The Morgan fingerprint density at radius 1 is 1.09 bits per heavy atom. The average Bonchev–Trinajstić information content (AvgIpc) is 2.46. The van der Waals surface area contributed by atoms with Crippen molar-refractivity contribution in [2.24, 2.45) is 0 Å². The van der Waals surface area contributed by atoms with Crippen molar-refractivity contribution in [1.29, 1.82) is 0 Å². The lowest BCUT2D eigenvalue weighted by molar-refractivity contribution is 0.601. The number of halogens is 2. The molecule has 1 N–H and O–H groups in total. The third kappa shape index (κ3) is 3.21. The van der Waals surface area contributed by atoms with Gasteiger partial charge in [0.05, 0.1) is 16.9 Å². The number of hydrogen-bond donors (Lipinski definition) is 1. The van der Waals surface area contributed by atoms with Crippen LogP contribution in [0.4, 0.5) is 5.69 Å². The molecule has 0 saturated carbocycles. The summed E-state index contributed by atoms with van der Waals surface area (Å²) in [5.41, 5.74) is 2.61. The van der Waals surface area contributed by atoms with Gasteiger partial charge < -0.3 is 0 Å². The molecule has 0 bridgehead atoms. The first-order chi connectivity index (χ1) is 10.5. The number of benzene rings is 1. The molecule has 1 aliphatic rings. The van der Waals surface area contributed by atoms with Gasteiger partial charge in [-0.3, -0.25) is 9.71 Å². The van der Waals surface area contributed by atoms with Crippen LogP contribution in [0, 0.1) is 0 Å². The van der Waals surface area contributed by atoms with Crippen LogP contribution in [0.5, 0.6) is 0 Å². The van der Waals surface area contributed by atoms with E-state index < -0.39 is 10.0 Å². The van der Waals surface area contributed by atoms with Crippen molar-refractivity contribution in [3.8, 4) is 0 Å². The molecule has 116 valence electrons. The van der Waals surface area contributed by atoms with Crippen LogP contribution >= 0.6 is 23.2 Å². The Hall–Kier alpha value is -1.30. The number of rotatable bonds is 3. The van der Waals surface area contributed by atoms with Gasteiger partial charge in [-0.1, -0.05) is 23.2 Å². The molecule has 1 heterocycles. The van der Waals surface area contributed by atoms with Gasteiger partial charge in [0, 0.05) is 10.7 Å². The molecule has 3 rings (SSSR count). The average molecular weight is 357 g/mol. The van der Waals surface area contributed by atoms with Crippen LogP contribution in [0.1, 0.15) is 24.1 Å². The van der Waals surface area contributed by atoms with E-state index >= 15 is 0 Å². The van der Waals surface area contributed by atoms with E-state index in [9.17, 15) is 8.42 Å². The molecule has 22 heavy (non-hydrogen) atoms. The number of anilines is 1. The number of aryl methyl sites for hydroxylation is 2. The molecule has 0 spiro atoms. The smallest absolute Gasteiger partial charge is 0.263 e. The molecule has 0 amide bonds. The van der Waals surface area contributed by atoms with E-state index in [-0.39, 0.29) is 9.92 Å². The summed E-state index contributed by atoms with van der Waals surface area (Å²) in [6.07, 6.45) is 5.66. The zero-order chi connectivity index (χ0) is 15.7. The van der Waals surface area contributed by atoms with Crippen LogP contribution in [-0.2, 0) is 22.9 Å². The van der Waals surface area contributed by atoms with Gasteiger partial charge in [0.25, 0.3) is 10.0 Å². The number of fused-ring (bicyclic) bond motifs is 1. The minimum atomic E-state index is -3.77. The molecule has 0 fully saturated rings. The zero-order valence-corrected chi connectivity index (χ0v) is 14.0. The summed E-state index contributed by atoms with van der Waals surface area (Å²) in [6.45, 7) is 0. The summed E-state index contributed by atoms with van der Waals surface area (Å²) < 4.78 is 27.4. The number of pyridine rings is 1. The second-order valence-corrected chi connectivity index (χ2v) is 7.71. The summed E-state index contributed by atoms with van der Waals surface area (Å²) in [5, 5.41) is 0.477. The first-order valence-corrected chi connectivity index (χ1v) is 9.15. The van der Waals surface area contributed by atoms with Crippen molar-refractivity contribution in [2.45, 2.75) is 30.6 Å². The standard InChI is InChI=1S/C15H14Cl2N2O2S/c16-11-5-6-15(13(17)8-11)22(20,21)19-12-7-10-3-1-2-4-14(10)18-9-12/h5-9,19H,1-4H2. The monoisotopic (exact) mass is 356 g/mol. The van der Waals surface area contributed by atoms with Gasteiger partial charge in [-0.25, -0.2) is 8.42 Å². The van der Waals surface area contributed by atoms with Gasteiger partial charge >= 0.3 is 0 Å². The van der Waals surface area contributed by atoms with Crippen molar-refractivity contribution >= 4 is 38.9 Å². The Kier molecular flexibility index (Phi) is 4.30. The molecule has 0 atom stereocenters. The number of hydrogen-bond acceptors (Lipinski definition) is 3. The van der Waals surface area contributed by atoms with E-state index in [1.165, 1.54) is 18.2 Å². The topological polar surface area (TPSA) is 59.1 Å². The molecule has 2 aromatic rings. The van der Waals surface area contributed by atoms with Crippen molar-refractivity contribution < 1.29 is 8.42 Å². The van der Waals surface area contributed by atoms with Crippen LogP contribution in [0.15, 0.2) is 35.4 Å². The van der Waals surface area contributed by atoms with E-state index in [0.717, 1.165) is 36.9 Å². The van der Waals surface area contributed by atoms with Gasteiger partial charge in [0.15, 0.2) is 0 Å². The molecule has 1 aromatic carbocycles. The van der Waals surface area contributed by atoms with Gasteiger partial charge in [-0.05, 0) is 55.5 Å². The SMILES string of the molecule is O=S(=O)(Nc1cnc2c(c1)CCCC2)c1ccc(Cl)cc1Cl. The third-order valence-corrected chi connectivity index (χ3v) is 5.70. The highest BCUT2D eigenvalue weighted by Crippen LogP contribution is 2.28. The van der Waals surface area contributed by atoms with E-state index in [0.29, 0.717) is 10.7 Å². The van der Waals surface area contributed by atoms with Crippen LogP contribution < -0.4 is 4.72 Å². The molecule has 0 radical (unpaired) electrons. The molecule has 7 heteroatoms. The molecule has 1 aromatic heterocycles. The second kappa shape index (κ2) is 6.07. The first kappa shape index (κ1) is 15.6. The quantitative estimate of drug-likeness (QED) is 0.901. The van der Waals surface area contributed by atoms with Gasteiger partial charge in [-0.15, -0.1) is 0 Å². The van der Waals surface area contributed by atoms with Crippen molar-refractivity contribution in [2.75, 3.05) is 4.72 Å². The summed E-state index contributed by atoms with van der Waals surface area (Å²) in [5.74, 6) is 0. The molecule has 0 aliphatic heterocycles. The predicted molar refractivity (Wildman–Crippen MR) is 88.1 cm³/mol. The Morgan fingerprint density at radius 2 is 1.86 bits per heavy atom. The van der Waals surface area contributed by atoms with Gasteiger partial charge in [0.2, 0.25) is 0 Å². The zero-order valence-electron chi connectivity index (χ0n) is 11.6. The van der Waals surface area contributed by atoms with Crippen LogP contribution in [0.25, 0.3) is 0 Å². The largest absolute Gasteiger partial charge is 0.278 e. The molecular weight excluding hydrogens is 343 g/mol. The lowest BCUT2D eigenvalue weighted by Gasteiger charge is -2.16. The summed E-state index contributed by atoms with van der Waals surface area (Å²) in [7, 11) is -3.77. The summed E-state index contributed by atoms with van der Waals surface area (Å²) >= 11 is 11.8. The minimum absolute atomic E-state index is 0.00344. The van der Waals surface area contributed by atoms with Crippen LogP contribution in [0.2, 0.25) is 10.0 Å². The third-order valence-electron chi connectivity index (χ3n) is 3.61. The second-order valence-electron chi connectivity index (χ2n) is 5.22. The fraction of sp³-hybridized carbons (Fsp3) is 0.267. The highest BCUT2D eigenvalue weighted by molar-refractivity contribution is 7.92. The number of nitrogens with zero attached hydrogens (tertiary/aromatic N) is 1. The summed E-state index contributed by atoms with van der Waals surface area (Å²) in [6, 6.07) is 6.14. The lowest BCUT2D eigenvalue weighted by Crippen LogP contribution is -2.15. The molecule has 4 nitrogen and oxygen atoms in total. The van der Waals surface area contributed by atoms with Crippen LogP contribution in [-0.4, -0.2) is 13.4 Å². The maximum absolute atomic E-state index is 12.4. The molecule has 1 aliphatic carbocycles. The fourth-order valence-electron chi connectivity index (χ4n) is 2.55. The minimum Gasteiger partial charge on any atom is -0.278 e. The summed E-state index contributed by atoms with van der Waals surface area (Å²) in [4.78, 5) is 4.35. The number of sulfonamides is 1. The van der Waals surface area contributed by atoms with Crippen molar-refractivity contribution in [3.63, 3.8) is 0 Å². The van der Waals surface area contributed by atoms with E-state index in [2.05, 4.69) is 9.71 Å². The molecular formula is C15H14Cl2N2O2S. The van der Waals surface area contributed by atoms with Gasteiger partial charge in [0.1, 0.15) is 4.90 Å².